The Morgan fingerprint density at radius 3 is 1.01 bits per heavy atom. The number of pyridine rings is 3. The van der Waals surface area contributed by atoms with E-state index in [1.54, 1.807) is 53.2 Å². The Hall–Kier alpha value is -8.82. The van der Waals surface area contributed by atoms with E-state index in [2.05, 4.69) is 15.0 Å². The van der Waals surface area contributed by atoms with Gasteiger partial charge in [-0.2, -0.15) is 0 Å². The summed E-state index contributed by atoms with van der Waals surface area (Å²) < 4.78 is 97.2. The second kappa shape index (κ2) is 29.5. The number of hydrogen-bond acceptors (Lipinski definition) is 18. The van der Waals surface area contributed by atoms with Crippen LogP contribution in [0.2, 0.25) is 0 Å². The van der Waals surface area contributed by atoms with Crippen LogP contribution in [0.3, 0.4) is 0 Å². The minimum Gasteiger partial charge on any atom is -0.494 e. The average molecular weight is 1460 g/mol. The van der Waals surface area contributed by atoms with E-state index >= 15 is 0 Å². The summed E-state index contributed by atoms with van der Waals surface area (Å²) in [5, 5.41) is 0. The lowest BCUT2D eigenvalue weighted by atomic mass is 9.78. The zero-order valence-corrected chi connectivity index (χ0v) is 63.0. The number of aromatic nitrogens is 9. The van der Waals surface area contributed by atoms with E-state index in [4.69, 9.17) is 14.2 Å². The van der Waals surface area contributed by atoms with E-state index in [0.717, 1.165) is 0 Å². The molecule has 0 radical (unpaired) electrons. The number of imidazole rings is 3. The molecule has 0 N–H and O–H groups in total. The molecular weight excluding hydrogens is 1360 g/mol. The van der Waals surface area contributed by atoms with Gasteiger partial charge in [0.2, 0.25) is 0 Å². The van der Waals surface area contributed by atoms with Crippen molar-refractivity contribution in [2.24, 2.45) is 16.2 Å². The predicted molar refractivity (Wildman–Crippen MR) is 395 cm³/mol. The van der Waals surface area contributed by atoms with Crippen molar-refractivity contribution in [1.82, 2.24) is 42.4 Å². The molecule has 3 aliphatic rings. The first kappa shape index (κ1) is 75.8. The molecule has 27 heteroatoms. The molecule has 0 atom stereocenters. The fourth-order valence-electron chi connectivity index (χ4n) is 13.8. The summed E-state index contributed by atoms with van der Waals surface area (Å²) >= 11 is 0. The number of fused-ring (bicyclic) bond motifs is 3. The zero-order chi connectivity index (χ0) is 74.3. The molecule has 102 heavy (non-hydrogen) atoms. The number of nitrogens with zero attached hydrogens (tertiary/aromatic N) is 9. The summed E-state index contributed by atoms with van der Waals surface area (Å²) in [6.45, 7) is 27.4. The molecule has 24 nitrogen and oxygen atoms in total. The molecule has 9 heterocycles. The fourth-order valence-corrected chi connectivity index (χ4v) is 19.6. The van der Waals surface area contributed by atoms with Crippen molar-refractivity contribution < 1.29 is 53.8 Å². The molecular formula is C75H93N9O15S3. The standard InChI is InChI=1S/C26H33N3O5S.C25H31N3O5S.C24H29N3O5S/c1-17(2)28-22-13-19(23(30)15-26(5)9-11-35(32,33)12-10-26)16-27-24(22)29(25(28)31)20-7-6-8-21(14-20)34-18(3)4;1-5-33-20-8-6-7-19(14-20)28-23-21(27(17(2)3)24(28)30)13-18(16-26-23)22(29)15-25(4)9-11-34(31,32)12-10-25;1-15(2)26-20-9-17(21(28)11-24(5)13-33(30,31)14-24)12-25-22(20)27(23(26)29)18-7-6-8-19(10-18)32-16(3)4/h6-8,13-14,16-18H,9-12,15H2,1-5H3;6-8,13-14,16-17H,5,9-12,15H2,1-4H3;6-10,12,15-16H,11,13-14H2,1-5H3. The SMILES string of the molecule is CC(C)Oc1cccc(-n2c(=O)n(C(C)C)c3cc(C(=O)CC4(C)CCS(=O)(=O)CC4)cnc32)c1.CC(C)Oc1cccc(-n2c(=O)n(C(C)C)c3cc(C(=O)CC4(C)CS(=O)(=O)C4)cnc32)c1.CCOc1cccc(-n2c(=O)n(C(C)C)c3cc(C(=O)CC4(C)CCS(=O)(=O)CC4)cnc32)c1. The molecule has 3 saturated heterocycles. The maximum absolute atomic E-state index is 13.5. The van der Waals surface area contributed by atoms with Crippen molar-refractivity contribution >= 4 is 80.4 Å². The minimum absolute atomic E-state index is 0.00296. The zero-order valence-electron chi connectivity index (χ0n) is 60.6. The van der Waals surface area contributed by atoms with Gasteiger partial charge in [-0.1, -0.05) is 39.0 Å². The number of ether oxygens (including phenoxy) is 3. The van der Waals surface area contributed by atoms with E-state index in [1.807, 2.05) is 158 Å². The molecule has 0 unspecified atom stereocenters. The predicted octanol–water partition coefficient (Wildman–Crippen LogP) is 11.9. The van der Waals surface area contributed by atoms with Crippen LogP contribution in [0.1, 0.15) is 191 Å². The molecule has 546 valence electrons. The first-order chi connectivity index (χ1) is 47.8. The number of carbonyl (C=O) groups excluding carboxylic acids is 3. The van der Waals surface area contributed by atoms with E-state index in [9.17, 15) is 54.0 Å². The van der Waals surface area contributed by atoms with E-state index in [1.165, 1.54) is 23.2 Å². The van der Waals surface area contributed by atoms with Gasteiger partial charge in [0.05, 0.1) is 86.9 Å². The molecule has 0 aliphatic carbocycles. The average Bonchev–Trinajstić information content (AvgIpc) is 1.60. The molecule has 9 aromatic rings. The number of rotatable bonds is 21. The van der Waals surface area contributed by atoms with Gasteiger partial charge in [-0.3, -0.25) is 28.1 Å². The van der Waals surface area contributed by atoms with Crippen LogP contribution >= 0.6 is 0 Å². The maximum atomic E-state index is 13.5. The van der Waals surface area contributed by atoms with Crippen molar-refractivity contribution in [3.8, 4) is 34.3 Å². The second-order valence-corrected chi connectivity index (χ2v) is 36.4. The molecule has 3 fully saturated rings. The van der Waals surface area contributed by atoms with E-state index < -0.39 is 34.9 Å². The molecule has 0 spiro atoms. The summed E-state index contributed by atoms with van der Waals surface area (Å²) in [6, 6.07) is 26.6. The van der Waals surface area contributed by atoms with Crippen molar-refractivity contribution in [2.45, 2.75) is 172 Å². The second-order valence-electron chi connectivity index (χ2n) is 29.8. The maximum Gasteiger partial charge on any atom is 0.335 e. The van der Waals surface area contributed by atoms with Gasteiger partial charge in [-0.25, -0.2) is 68.3 Å². The van der Waals surface area contributed by atoms with Crippen LogP contribution in [0, 0.1) is 16.2 Å². The lowest BCUT2D eigenvalue weighted by Gasteiger charge is -2.37. The quantitative estimate of drug-likeness (QED) is 0.0604. The summed E-state index contributed by atoms with van der Waals surface area (Å²) in [7, 11) is -9.06. The highest BCUT2D eigenvalue weighted by atomic mass is 32.2. The van der Waals surface area contributed by atoms with Crippen LogP contribution in [0.5, 0.6) is 17.2 Å². The molecule has 6 aromatic heterocycles. The fraction of sp³-hybridized carbons (Fsp3) is 0.480. The third kappa shape index (κ3) is 16.8. The first-order valence-corrected chi connectivity index (χ1v) is 40.2. The van der Waals surface area contributed by atoms with Crippen LogP contribution in [0.25, 0.3) is 50.6 Å². The number of hydrogen-bond donors (Lipinski definition) is 0. The summed E-state index contributed by atoms with van der Waals surface area (Å²) in [4.78, 5) is 93.2. The van der Waals surface area contributed by atoms with E-state index in [0.29, 0.717) is 117 Å². The first-order valence-electron chi connectivity index (χ1n) is 34.7. The number of ketones is 3. The van der Waals surface area contributed by atoms with Crippen LogP contribution in [-0.2, 0) is 29.5 Å². The Balaban J connectivity index is 0.000000165. The van der Waals surface area contributed by atoms with Gasteiger partial charge in [0, 0.05) is 96.3 Å². The minimum atomic E-state index is -3.04. The topological polar surface area (TPSA) is 301 Å². The van der Waals surface area contributed by atoms with Crippen LogP contribution in [0.15, 0.2) is 124 Å². The third-order valence-electron chi connectivity index (χ3n) is 18.9. The van der Waals surface area contributed by atoms with Gasteiger partial charge in [0.15, 0.2) is 44.1 Å². The number of carbonyl (C=O) groups is 3. The summed E-state index contributed by atoms with van der Waals surface area (Å²) in [6.07, 6.45) is 7.00. The summed E-state index contributed by atoms with van der Waals surface area (Å²) in [5.74, 6) is 2.10. The van der Waals surface area contributed by atoms with Crippen molar-refractivity contribution in [3.05, 3.63) is 158 Å². The highest BCUT2D eigenvalue weighted by Gasteiger charge is 2.46. The highest BCUT2D eigenvalue weighted by molar-refractivity contribution is 7.93. The van der Waals surface area contributed by atoms with Crippen molar-refractivity contribution in [2.75, 3.05) is 41.1 Å². The number of Topliss-reactive ketones (excluding diaryl/α,β-unsaturated/α-hetero) is 3. The van der Waals surface area contributed by atoms with Crippen LogP contribution in [-0.4, -0.2) is 138 Å². The molecule has 0 bridgehead atoms. The Labute approximate surface area is 594 Å². The molecule has 0 saturated carbocycles. The third-order valence-corrected chi connectivity index (χ3v) is 24.5. The monoisotopic (exact) mass is 1460 g/mol. The van der Waals surface area contributed by atoms with Gasteiger partial charge in [-0.05, 0) is 167 Å². The summed E-state index contributed by atoms with van der Waals surface area (Å²) in [5.41, 5.74) is 4.25. The van der Waals surface area contributed by atoms with Crippen LogP contribution < -0.4 is 31.3 Å². The molecule has 3 aromatic carbocycles. The van der Waals surface area contributed by atoms with Gasteiger partial charge < -0.3 is 14.2 Å². The Bertz CT molecular complexity index is 5220. The Kier molecular flexibility index (Phi) is 21.9. The van der Waals surface area contributed by atoms with Gasteiger partial charge in [-0.15, -0.1) is 0 Å². The smallest absolute Gasteiger partial charge is 0.335 e. The van der Waals surface area contributed by atoms with Gasteiger partial charge >= 0.3 is 17.1 Å². The molecule has 3 aliphatic heterocycles. The molecule has 0 amide bonds. The normalized spacial score (nSPS) is 17.1. The van der Waals surface area contributed by atoms with E-state index in [-0.39, 0.29) is 129 Å². The number of benzene rings is 3. The van der Waals surface area contributed by atoms with Crippen LogP contribution in [0.4, 0.5) is 0 Å². The Morgan fingerprint density at radius 2 is 0.725 bits per heavy atom. The Morgan fingerprint density at radius 1 is 0.431 bits per heavy atom. The van der Waals surface area contributed by atoms with Gasteiger partial charge in [0.25, 0.3) is 0 Å². The lowest BCUT2D eigenvalue weighted by Crippen LogP contribution is -2.47. The van der Waals surface area contributed by atoms with Crippen molar-refractivity contribution in [1.29, 1.82) is 0 Å². The van der Waals surface area contributed by atoms with Crippen molar-refractivity contribution in [3.63, 3.8) is 0 Å². The van der Waals surface area contributed by atoms with Gasteiger partial charge in [0.1, 0.15) is 36.9 Å². The molecule has 12 rings (SSSR count). The lowest BCUT2D eigenvalue weighted by molar-refractivity contribution is 0.0903. The number of sulfone groups is 3. The largest absolute Gasteiger partial charge is 0.494 e. The highest BCUT2D eigenvalue weighted by Crippen LogP contribution is 2.40.